The lowest BCUT2D eigenvalue weighted by atomic mass is 10.1. The van der Waals surface area contributed by atoms with Gasteiger partial charge in [-0.25, -0.2) is 0 Å². The van der Waals surface area contributed by atoms with E-state index in [1.54, 1.807) is 0 Å². The van der Waals surface area contributed by atoms with E-state index in [0.29, 0.717) is 6.54 Å². The lowest BCUT2D eigenvalue weighted by Crippen LogP contribution is -2.45. The Morgan fingerprint density at radius 1 is 1.43 bits per heavy atom. The molecule has 1 atom stereocenters. The Morgan fingerprint density at radius 3 is 2.81 bits per heavy atom. The first kappa shape index (κ1) is 15.9. The van der Waals surface area contributed by atoms with Gasteiger partial charge in [0.15, 0.2) is 0 Å². The molecule has 1 aliphatic rings. The van der Waals surface area contributed by atoms with E-state index < -0.39 is 0 Å². The molecule has 1 heterocycles. The first-order valence-corrected chi connectivity index (χ1v) is 7.57. The Labute approximate surface area is 126 Å². The number of hydrogen-bond donors (Lipinski definition) is 2. The van der Waals surface area contributed by atoms with Gasteiger partial charge < -0.3 is 15.4 Å². The molecule has 2 N–H and O–H groups in total. The molecule has 21 heavy (non-hydrogen) atoms. The van der Waals surface area contributed by atoms with E-state index in [0.717, 1.165) is 38.3 Å². The number of likely N-dealkylation sites (N-methyl/N-ethyl adjacent to an activating group) is 1. The highest BCUT2D eigenvalue weighted by Gasteiger charge is 2.16. The standard InChI is InChI=1S/C16H25N3O2/c1-3-13-4-6-14(7-5-13)18-16(20)12-19(2)11-15-10-17-8-9-21-15/h4-7,15,17H,3,8-12H2,1-2H3,(H,18,20). The normalized spacial score (nSPS) is 18.7. The minimum atomic E-state index is 0.00511. The molecular formula is C16H25N3O2. The molecule has 5 heteroatoms. The van der Waals surface area contributed by atoms with Crippen molar-refractivity contribution in [1.29, 1.82) is 0 Å². The smallest absolute Gasteiger partial charge is 0.238 e. The average Bonchev–Trinajstić information content (AvgIpc) is 2.48. The molecule has 5 nitrogen and oxygen atoms in total. The molecule has 1 saturated heterocycles. The van der Waals surface area contributed by atoms with Gasteiger partial charge in [-0.05, 0) is 31.2 Å². The van der Waals surface area contributed by atoms with E-state index in [4.69, 9.17) is 4.74 Å². The maximum absolute atomic E-state index is 12.0. The number of nitrogens with one attached hydrogen (secondary N) is 2. The molecule has 1 aliphatic heterocycles. The van der Waals surface area contributed by atoms with Gasteiger partial charge in [-0.3, -0.25) is 9.69 Å². The van der Waals surface area contributed by atoms with E-state index in [1.807, 2.05) is 36.2 Å². The number of anilines is 1. The van der Waals surface area contributed by atoms with Crippen molar-refractivity contribution in [3.05, 3.63) is 29.8 Å². The fourth-order valence-electron chi connectivity index (χ4n) is 2.42. The molecule has 1 fully saturated rings. The third-order valence-corrected chi connectivity index (χ3v) is 3.58. The van der Waals surface area contributed by atoms with Crippen LogP contribution >= 0.6 is 0 Å². The van der Waals surface area contributed by atoms with Crippen LogP contribution in [0.2, 0.25) is 0 Å². The molecule has 116 valence electrons. The molecule has 2 rings (SSSR count). The van der Waals surface area contributed by atoms with Crippen LogP contribution in [0.3, 0.4) is 0 Å². The summed E-state index contributed by atoms with van der Waals surface area (Å²) in [6.45, 7) is 5.75. The number of hydrogen-bond acceptors (Lipinski definition) is 4. The van der Waals surface area contributed by atoms with Crippen molar-refractivity contribution in [2.45, 2.75) is 19.4 Å². The summed E-state index contributed by atoms with van der Waals surface area (Å²) in [5.74, 6) is 0.00511. The second kappa shape index (κ2) is 8.12. The van der Waals surface area contributed by atoms with Crippen LogP contribution in [0.4, 0.5) is 5.69 Å². The fourth-order valence-corrected chi connectivity index (χ4v) is 2.42. The largest absolute Gasteiger partial charge is 0.374 e. The third kappa shape index (κ3) is 5.46. The van der Waals surface area contributed by atoms with Crippen LogP contribution in [-0.4, -0.2) is 56.7 Å². The van der Waals surface area contributed by atoms with Gasteiger partial charge in [0.1, 0.15) is 0 Å². The van der Waals surface area contributed by atoms with Crippen molar-refractivity contribution < 1.29 is 9.53 Å². The molecular weight excluding hydrogens is 266 g/mol. The minimum absolute atomic E-state index is 0.00511. The second-order valence-corrected chi connectivity index (χ2v) is 5.49. The zero-order chi connectivity index (χ0) is 15.1. The van der Waals surface area contributed by atoms with Gasteiger partial charge in [-0.1, -0.05) is 19.1 Å². The molecule has 1 amide bonds. The zero-order valence-corrected chi connectivity index (χ0v) is 12.9. The molecule has 1 unspecified atom stereocenters. The van der Waals surface area contributed by atoms with E-state index in [9.17, 15) is 4.79 Å². The molecule has 0 aliphatic carbocycles. The van der Waals surface area contributed by atoms with Gasteiger partial charge in [0.25, 0.3) is 0 Å². The van der Waals surface area contributed by atoms with Gasteiger partial charge in [0.2, 0.25) is 5.91 Å². The Hall–Kier alpha value is -1.43. The first-order chi connectivity index (χ1) is 10.2. The van der Waals surface area contributed by atoms with Crippen molar-refractivity contribution in [2.75, 3.05) is 45.2 Å². The van der Waals surface area contributed by atoms with Gasteiger partial charge in [-0.15, -0.1) is 0 Å². The number of amides is 1. The number of carbonyl (C=O) groups is 1. The Kier molecular flexibility index (Phi) is 6.17. The number of ether oxygens (including phenoxy) is 1. The maximum atomic E-state index is 12.0. The average molecular weight is 291 g/mol. The predicted molar refractivity (Wildman–Crippen MR) is 84.6 cm³/mol. The summed E-state index contributed by atoms with van der Waals surface area (Å²) in [7, 11) is 1.94. The lowest BCUT2D eigenvalue weighted by Gasteiger charge is -2.27. The van der Waals surface area contributed by atoms with Crippen LogP contribution in [0.1, 0.15) is 12.5 Å². The predicted octanol–water partition coefficient (Wildman–Crippen LogP) is 1.11. The van der Waals surface area contributed by atoms with Crippen molar-refractivity contribution in [2.24, 2.45) is 0 Å². The van der Waals surface area contributed by atoms with Gasteiger partial charge >= 0.3 is 0 Å². The van der Waals surface area contributed by atoms with Crippen molar-refractivity contribution in [3.8, 4) is 0 Å². The first-order valence-electron chi connectivity index (χ1n) is 7.57. The summed E-state index contributed by atoms with van der Waals surface area (Å²) in [5.41, 5.74) is 2.12. The van der Waals surface area contributed by atoms with E-state index in [-0.39, 0.29) is 12.0 Å². The summed E-state index contributed by atoms with van der Waals surface area (Å²) in [4.78, 5) is 14.0. The summed E-state index contributed by atoms with van der Waals surface area (Å²) >= 11 is 0. The number of morpholine rings is 1. The van der Waals surface area contributed by atoms with Crippen molar-refractivity contribution >= 4 is 11.6 Å². The maximum Gasteiger partial charge on any atom is 0.238 e. The van der Waals surface area contributed by atoms with Gasteiger partial charge in [0, 0.05) is 25.3 Å². The van der Waals surface area contributed by atoms with Crippen LogP contribution in [0, 0.1) is 0 Å². The highest BCUT2D eigenvalue weighted by molar-refractivity contribution is 5.92. The van der Waals surface area contributed by atoms with Crippen molar-refractivity contribution in [3.63, 3.8) is 0 Å². The molecule has 1 aromatic rings. The molecule has 0 bridgehead atoms. The van der Waals surface area contributed by atoms with Crippen LogP contribution in [-0.2, 0) is 16.0 Å². The number of aryl methyl sites for hydroxylation is 1. The van der Waals surface area contributed by atoms with Crippen molar-refractivity contribution in [1.82, 2.24) is 10.2 Å². The number of benzene rings is 1. The number of rotatable bonds is 6. The zero-order valence-electron chi connectivity index (χ0n) is 12.9. The summed E-state index contributed by atoms with van der Waals surface area (Å²) < 4.78 is 5.64. The van der Waals surface area contributed by atoms with Gasteiger partial charge in [0.05, 0.1) is 19.3 Å². The highest BCUT2D eigenvalue weighted by atomic mass is 16.5. The van der Waals surface area contributed by atoms with E-state index >= 15 is 0 Å². The molecule has 0 aromatic heterocycles. The molecule has 1 aromatic carbocycles. The quantitative estimate of drug-likeness (QED) is 0.824. The topological polar surface area (TPSA) is 53.6 Å². The molecule has 0 spiro atoms. The third-order valence-electron chi connectivity index (χ3n) is 3.58. The highest BCUT2D eigenvalue weighted by Crippen LogP contribution is 2.10. The van der Waals surface area contributed by atoms with Crippen LogP contribution < -0.4 is 10.6 Å². The summed E-state index contributed by atoms with van der Waals surface area (Å²) in [6, 6.07) is 7.98. The summed E-state index contributed by atoms with van der Waals surface area (Å²) in [5, 5.41) is 6.22. The molecule has 0 saturated carbocycles. The van der Waals surface area contributed by atoms with E-state index in [2.05, 4.69) is 17.6 Å². The van der Waals surface area contributed by atoms with Crippen LogP contribution in [0.15, 0.2) is 24.3 Å². The van der Waals surface area contributed by atoms with Crippen LogP contribution in [0.5, 0.6) is 0 Å². The minimum Gasteiger partial charge on any atom is -0.374 e. The SMILES string of the molecule is CCc1ccc(NC(=O)CN(C)CC2CNCCO2)cc1. The van der Waals surface area contributed by atoms with Crippen LogP contribution in [0.25, 0.3) is 0 Å². The monoisotopic (exact) mass is 291 g/mol. The summed E-state index contributed by atoms with van der Waals surface area (Å²) in [6.07, 6.45) is 1.17. The number of nitrogens with zero attached hydrogens (tertiary/aromatic N) is 1. The molecule has 0 radical (unpaired) electrons. The Balaban J connectivity index is 1.74. The fraction of sp³-hybridized carbons (Fsp3) is 0.562. The van der Waals surface area contributed by atoms with Gasteiger partial charge in [-0.2, -0.15) is 0 Å². The number of carbonyl (C=O) groups excluding carboxylic acids is 1. The second-order valence-electron chi connectivity index (χ2n) is 5.49. The Morgan fingerprint density at radius 2 is 2.19 bits per heavy atom. The lowest BCUT2D eigenvalue weighted by molar-refractivity contribution is -0.117. The Bertz CT molecular complexity index is 441. The van der Waals surface area contributed by atoms with E-state index in [1.165, 1.54) is 5.56 Å².